The SMILES string of the molecule is C[C@H](CCC1(O)O[C@H]2C[C@H]3[C@@H]4CC=C5C[C@@H](O[C@@H]6O[C@H](CO)[C@H](O[C@@H]7O[C@H](CO)[C@@H](O)[C@H](O)[C@H]7O[C@@H]7O[C@H](CO)[C@@H](O)[C@H](O)[C@H]7O)[C@H](O)[C@H]6O)C[C@@H](O)[C@]5(C)[C@H]4CC[C@]3(C)[C@H]2[C@@H]1C)CO[C@@H]1O[C@H](CO)[C@@H](O)[C@H](O)[C@H]1O. The Labute approximate surface area is 440 Å². The molecule has 8 fully saturated rings. The van der Waals surface area contributed by atoms with Gasteiger partial charge in [0.1, 0.15) is 97.7 Å². The lowest BCUT2D eigenvalue weighted by atomic mass is 9.46. The summed E-state index contributed by atoms with van der Waals surface area (Å²) in [7, 11) is 0. The lowest BCUT2D eigenvalue weighted by molar-refractivity contribution is -0.390. The van der Waals surface area contributed by atoms with Gasteiger partial charge in [0.2, 0.25) is 0 Å². The number of fused-ring (bicyclic) bond motifs is 7. The maximum atomic E-state index is 12.2. The Bertz CT molecular complexity index is 1970. The molecule has 0 aromatic carbocycles. The quantitative estimate of drug-likeness (QED) is 0.0643. The molecule has 0 spiro atoms. The van der Waals surface area contributed by atoms with E-state index in [1.54, 1.807) is 0 Å². The molecule has 0 radical (unpaired) electrons. The third-order valence-electron chi connectivity index (χ3n) is 19.6. The minimum Gasteiger partial charge on any atom is -0.394 e. The molecule has 5 heterocycles. The second-order valence-electron chi connectivity index (χ2n) is 23.9. The van der Waals surface area contributed by atoms with Gasteiger partial charge in [0.15, 0.2) is 30.9 Å². The third-order valence-corrected chi connectivity index (χ3v) is 19.6. The van der Waals surface area contributed by atoms with E-state index < -0.39 is 173 Å². The van der Waals surface area contributed by atoms with E-state index in [4.69, 9.17) is 42.6 Å². The first-order valence-corrected chi connectivity index (χ1v) is 27.2. The number of ether oxygens (including phenoxy) is 9. The first kappa shape index (κ1) is 59.4. The van der Waals surface area contributed by atoms with Crippen molar-refractivity contribution in [1.29, 1.82) is 0 Å². The predicted octanol–water partition coefficient (Wildman–Crippen LogP) is -5.06. The molecule has 25 heteroatoms. The summed E-state index contributed by atoms with van der Waals surface area (Å²) in [6, 6.07) is 0. The number of rotatable bonds is 16. The van der Waals surface area contributed by atoms with Gasteiger partial charge in [-0.05, 0) is 73.5 Å². The van der Waals surface area contributed by atoms with Gasteiger partial charge < -0.3 is 124 Å². The summed E-state index contributed by atoms with van der Waals surface area (Å²) >= 11 is 0. The lowest BCUT2D eigenvalue weighted by Gasteiger charge is -2.60. The summed E-state index contributed by atoms with van der Waals surface area (Å²) in [5, 5.41) is 171. The molecule has 0 aromatic heterocycles. The highest BCUT2D eigenvalue weighted by molar-refractivity contribution is 5.28. The van der Waals surface area contributed by atoms with Gasteiger partial charge in [-0.25, -0.2) is 0 Å². The monoisotopic (exact) mass is 1100 g/mol. The molecule has 76 heavy (non-hydrogen) atoms. The molecule has 0 amide bonds. The van der Waals surface area contributed by atoms with Gasteiger partial charge in [0, 0.05) is 24.2 Å². The smallest absolute Gasteiger partial charge is 0.187 e. The van der Waals surface area contributed by atoms with Gasteiger partial charge in [-0.1, -0.05) is 39.3 Å². The van der Waals surface area contributed by atoms with Crippen LogP contribution in [0.5, 0.6) is 0 Å². The molecule has 5 saturated heterocycles. The average molecular weight is 1100 g/mol. The molecule has 9 aliphatic rings. The van der Waals surface area contributed by atoms with Crippen LogP contribution in [-0.2, 0) is 42.6 Å². The highest BCUT2D eigenvalue weighted by Crippen LogP contribution is 2.70. The fourth-order valence-electron chi connectivity index (χ4n) is 15.1. The number of aliphatic hydroxyl groups is 16. The van der Waals surface area contributed by atoms with Gasteiger partial charge in [-0.2, -0.15) is 0 Å². The van der Waals surface area contributed by atoms with Gasteiger partial charge in [-0.3, -0.25) is 0 Å². The molecule has 4 aliphatic carbocycles. The average Bonchev–Trinajstić information content (AvgIpc) is 3.88. The van der Waals surface area contributed by atoms with Gasteiger partial charge in [0.05, 0.1) is 51.3 Å². The molecule has 3 saturated carbocycles. The summed E-state index contributed by atoms with van der Waals surface area (Å²) in [6.07, 6.45) is -27.7. The molecule has 9 rings (SSSR count). The molecule has 438 valence electrons. The molecule has 1 unspecified atom stereocenters. The largest absolute Gasteiger partial charge is 0.394 e. The fraction of sp³-hybridized carbons (Fsp3) is 0.961. The van der Waals surface area contributed by atoms with E-state index in [1.807, 2.05) is 6.92 Å². The maximum absolute atomic E-state index is 12.2. The van der Waals surface area contributed by atoms with E-state index in [2.05, 4.69) is 26.8 Å². The van der Waals surface area contributed by atoms with Crippen LogP contribution < -0.4 is 0 Å². The summed E-state index contributed by atoms with van der Waals surface area (Å²) in [6.45, 7) is 5.55. The normalized spacial score (nSPS) is 54.8. The molecule has 5 aliphatic heterocycles. The van der Waals surface area contributed by atoms with Crippen LogP contribution in [0, 0.1) is 46.3 Å². The second kappa shape index (κ2) is 23.2. The third kappa shape index (κ3) is 10.4. The van der Waals surface area contributed by atoms with E-state index >= 15 is 0 Å². The maximum Gasteiger partial charge on any atom is 0.187 e. The molecule has 0 aromatic rings. The van der Waals surface area contributed by atoms with Crippen LogP contribution in [0.1, 0.15) is 79.1 Å². The topological polar surface area (TPSA) is 407 Å². The van der Waals surface area contributed by atoms with Crippen molar-refractivity contribution in [1.82, 2.24) is 0 Å². The van der Waals surface area contributed by atoms with E-state index in [1.165, 1.54) is 0 Å². The van der Waals surface area contributed by atoms with Crippen molar-refractivity contribution < 1.29 is 124 Å². The van der Waals surface area contributed by atoms with Crippen LogP contribution >= 0.6 is 0 Å². The van der Waals surface area contributed by atoms with E-state index in [9.17, 15) is 81.7 Å². The Morgan fingerprint density at radius 1 is 0.618 bits per heavy atom. The summed E-state index contributed by atoms with van der Waals surface area (Å²) in [4.78, 5) is 0. The standard InChI is InChI=1S/C51H84O25/c1-19(18-68-45-40(64)36(60)33(57)27(14-52)70-45)7-10-51(67)20(2)32-26(76-51)13-25-23-6-5-21-11-22(12-31(56)50(21,4)24(23)8-9-49(25,32)3)69-46-42(66)39(63)43(30(17-55)73-46)74-48-44(38(62)35(59)29(16-54)72-48)75-47-41(65)37(61)34(58)28(15-53)71-47/h5,19-20,22-48,52-67H,6-18H2,1-4H3/t19-,20+,22-,23-,24+,25+,26+,27-,28-,29-,30-,31-,32+,33-,34-,35-,36+,37+,38+,39-,40-,41-,42-,43+,44-,45-,46-,47+,48+,49+,50+,51?/m1/s1. The molecule has 16 N–H and O–H groups in total. The van der Waals surface area contributed by atoms with Crippen LogP contribution in [0.4, 0.5) is 0 Å². The minimum absolute atomic E-state index is 0.0832. The van der Waals surface area contributed by atoms with E-state index in [0.717, 1.165) is 31.3 Å². The zero-order chi connectivity index (χ0) is 55.1. The Kier molecular flexibility index (Phi) is 18.1. The number of aliphatic hydroxyl groups excluding tert-OH is 15. The van der Waals surface area contributed by atoms with E-state index in [-0.39, 0.29) is 60.1 Å². The van der Waals surface area contributed by atoms with Crippen molar-refractivity contribution in [3.63, 3.8) is 0 Å². The van der Waals surface area contributed by atoms with Crippen molar-refractivity contribution >= 4 is 0 Å². The first-order valence-electron chi connectivity index (χ1n) is 27.2. The van der Waals surface area contributed by atoms with Gasteiger partial charge in [-0.15, -0.1) is 0 Å². The van der Waals surface area contributed by atoms with Crippen LogP contribution in [-0.4, -0.2) is 262 Å². The summed E-state index contributed by atoms with van der Waals surface area (Å²) in [5.74, 6) is -0.994. The Balaban J connectivity index is 0.811. The predicted molar refractivity (Wildman–Crippen MR) is 253 cm³/mol. The minimum atomic E-state index is -1.94. The molecular weight excluding hydrogens is 1010 g/mol. The van der Waals surface area contributed by atoms with Crippen molar-refractivity contribution in [2.24, 2.45) is 46.3 Å². The molecule has 0 bridgehead atoms. The molecule has 25 nitrogen and oxygen atoms in total. The van der Waals surface area contributed by atoms with Crippen LogP contribution in [0.3, 0.4) is 0 Å². The summed E-state index contributed by atoms with van der Waals surface area (Å²) < 4.78 is 53.1. The highest BCUT2D eigenvalue weighted by Gasteiger charge is 2.69. The van der Waals surface area contributed by atoms with Gasteiger partial charge in [0.25, 0.3) is 0 Å². The fourth-order valence-corrected chi connectivity index (χ4v) is 15.1. The van der Waals surface area contributed by atoms with E-state index in [0.29, 0.717) is 19.3 Å². The number of hydrogen-bond acceptors (Lipinski definition) is 25. The lowest BCUT2D eigenvalue weighted by Crippen LogP contribution is -2.67. The van der Waals surface area contributed by atoms with Crippen molar-refractivity contribution in [3.05, 3.63) is 11.6 Å². The van der Waals surface area contributed by atoms with Crippen molar-refractivity contribution in [3.8, 4) is 0 Å². The highest BCUT2D eigenvalue weighted by atomic mass is 16.8. The number of allylic oxidation sites excluding steroid dienone is 1. The second-order valence-corrected chi connectivity index (χ2v) is 23.9. The van der Waals surface area contributed by atoms with Crippen LogP contribution in [0.15, 0.2) is 11.6 Å². The zero-order valence-electron chi connectivity index (χ0n) is 43.3. The van der Waals surface area contributed by atoms with Gasteiger partial charge >= 0.3 is 0 Å². The van der Waals surface area contributed by atoms with Crippen LogP contribution in [0.2, 0.25) is 0 Å². The van der Waals surface area contributed by atoms with Crippen molar-refractivity contribution in [2.45, 2.75) is 226 Å². The Morgan fingerprint density at radius 3 is 1.78 bits per heavy atom. The van der Waals surface area contributed by atoms with Crippen LogP contribution in [0.25, 0.3) is 0 Å². The molecular formula is C51H84O25. The first-order chi connectivity index (χ1) is 35.9. The zero-order valence-corrected chi connectivity index (χ0v) is 43.3. The molecule has 32 atom stereocenters. The Morgan fingerprint density at radius 2 is 1.14 bits per heavy atom. The van der Waals surface area contributed by atoms with Crippen molar-refractivity contribution in [2.75, 3.05) is 33.0 Å². The summed E-state index contributed by atoms with van der Waals surface area (Å²) in [5.41, 5.74) is 0.247. The number of hydrogen-bond donors (Lipinski definition) is 16. The Hall–Kier alpha value is -1.26.